The Kier molecular flexibility index (Phi) is 3.44. The fourth-order valence-corrected chi connectivity index (χ4v) is 2.65. The predicted octanol–water partition coefficient (Wildman–Crippen LogP) is 0.440. The second kappa shape index (κ2) is 5.27. The molecule has 1 atom stereocenters. The number of rotatable bonds is 3. The van der Waals surface area contributed by atoms with Gasteiger partial charge in [-0.15, -0.1) is 0 Å². The number of nitrogens with two attached hydrogens (primary N) is 1. The first-order chi connectivity index (χ1) is 10.1. The van der Waals surface area contributed by atoms with Crippen molar-refractivity contribution in [1.82, 2.24) is 20.4 Å². The number of methoxy groups -OCH3 is 1. The van der Waals surface area contributed by atoms with E-state index in [0.29, 0.717) is 31.1 Å². The molecule has 0 spiro atoms. The van der Waals surface area contributed by atoms with E-state index in [9.17, 15) is 9.59 Å². The first kappa shape index (κ1) is 13.7. The lowest BCUT2D eigenvalue weighted by Gasteiger charge is -2.16. The highest BCUT2D eigenvalue weighted by atomic mass is 16.5. The zero-order chi connectivity index (χ0) is 15.0. The number of aromatic nitrogens is 2. The number of ether oxygens (including phenoxy) is 1. The summed E-state index contributed by atoms with van der Waals surface area (Å²) in [5.74, 6) is 0.233. The van der Waals surface area contributed by atoms with Crippen molar-refractivity contribution in [3.05, 3.63) is 11.4 Å². The summed E-state index contributed by atoms with van der Waals surface area (Å²) >= 11 is 0. The Hall–Kier alpha value is -2.25. The van der Waals surface area contributed by atoms with Gasteiger partial charge in [0, 0.05) is 19.0 Å². The van der Waals surface area contributed by atoms with Crippen LogP contribution in [-0.2, 0) is 4.74 Å². The van der Waals surface area contributed by atoms with Crippen LogP contribution in [0, 0.1) is 0 Å². The molecule has 8 nitrogen and oxygen atoms in total. The number of carbonyl (C=O) groups is 2. The van der Waals surface area contributed by atoms with Crippen molar-refractivity contribution < 1.29 is 14.3 Å². The molecule has 2 aliphatic rings. The van der Waals surface area contributed by atoms with Crippen LogP contribution in [0.5, 0.6) is 0 Å². The average molecular weight is 293 g/mol. The van der Waals surface area contributed by atoms with Gasteiger partial charge >= 0.3 is 6.09 Å². The van der Waals surface area contributed by atoms with Crippen molar-refractivity contribution >= 4 is 17.7 Å². The van der Waals surface area contributed by atoms with Crippen molar-refractivity contribution in [1.29, 1.82) is 0 Å². The number of amides is 2. The highest BCUT2D eigenvalue weighted by Gasteiger charge is 2.34. The number of H-pyrrole nitrogens is 1. The lowest BCUT2D eigenvalue weighted by molar-refractivity contribution is 0.0783. The van der Waals surface area contributed by atoms with Crippen LogP contribution in [0.15, 0.2) is 0 Å². The largest absolute Gasteiger partial charge is 0.453 e. The summed E-state index contributed by atoms with van der Waals surface area (Å²) in [6.45, 7) is 1.01. The standard InChI is InChI=1S/C13H19N5O3/c1-21-13(20)15-8-4-5-18(6-8)12(19)11-9(14)10(16-17-11)7-2-3-7/h7-8H,2-6,14H2,1H3,(H,15,20)(H,16,17). The molecule has 0 radical (unpaired) electrons. The molecule has 1 unspecified atom stereocenters. The van der Waals surface area contributed by atoms with Crippen LogP contribution in [-0.4, -0.2) is 53.3 Å². The van der Waals surface area contributed by atoms with Crippen LogP contribution in [0.3, 0.4) is 0 Å². The third kappa shape index (κ3) is 2.65. The van der Waals surface area contributed by atoms with Crippen molar-refractivity contribution in [3.63, 3.8) is 0 Å². The number of nitrogen functional groups attached to an aromatic ring is 1. The molecule has 114 valence electrons. The van der Waals surface area contributed by atoms with E-state index in [1.807, 2.05) is 0 Å². The molecule has 1 saturated heterocycles. The fraction of sp³-hybridized carbons (Fsp3) is 0.615. The normalized spacial score (nSPS) is 21.4. The van der Waals surface area contributed by atoms with Gasteiger partial charge in [0.2, 0.25) is 0 Å². The van der Waals surface area contributed by atoms with Crippen LogP contribution in [0.2, 0.25) is 0 Å². The monoisotopic (exact) mass is 293 g/mol. The van der Waals surface area contributed by atoms with Gasteiger partial charge in [0.1, 0.15) is 0 Å². The molecule has 2 fully saturated rings. The van der Waals surface area contributed by atoms with Gasteiger partial charge in [-0.1, -0.05) is 0 Å². The van der Waals surface area contributed by atoms with E-state index in [1.54, 1.807) is 4.90 Å². The Labute approximate surface area is 122 Å². The Morgan fingerprint density at radius 1 is 1.43 bits per heavy atom. The Bertz CT molecular complexity index is 566. The maximum absolute atomic E-state index is 12.4. The van der Waals surface area contributed by atoms with Crippen molar-refractivity contribution in [2.75, 3.05) is 25.9 Å². The van der Waals surface area contributed by atoms with Gasteiger partial charge in [-0.25, -0.2) is 4.79 Å². The average Bonchev–Trinajstić information content (AvgIpc) is 3.09. The summed E-state index contributed by atoms with van der Waals surface area (Å²) < 4.78 is 4.56. The van der Waals surface area contributed by atoms with Gasteiger partial charge in [0.15, 0.2) is 5.69 Å². The summed E-state index contributed by atoms with van der Waals surface area (Å²) in [5, 5.41) is 9.65. The van der Waals surface area contributed by atoms with Crippen LogP contribution >= 0.6 is 0 Å². The van der Waals surface area contributed by atoms with Crippen LogP contribution in [0.1, 0.15) is 41.4 Å². The zero-order valence-corrected chi connectivity index (χ0v) is 11.9. The third-order valence-corrected chi connectivity index (χ3v) is 4.00. The third-order valence-electron chi connectivity index (χ3n) is 4.00. The Morgan fingerprint density at radius 3 is 2.86 bits per heavy atom. The lowest BCUT2D eigenvalue weighted by Crippen LogP contribution is -2.38. The molecular formula is C13H19N5O3. The number of likely N-dealkylation sites (tertiary alicyclic amines) is 1. The minimum atomic E-state index is -0.482. The quantitative estimate of drug-likeness (QED) is 0.748. The maximum Gasteiger partial charge on any atom is 0.407 e. The molecule has 1 aliphatic heterocycles. The van der Waals surface area contributed by atoms with Crippen molar-refractivity contribution in [3.8, 4) is 0 Å². The predicted molar refractivity (Wildman–Crippen MR) is 74.8 cm³/mol. The van der Waals surface area contributed by atoms with Crippen LogP contribution in [0.25, 0.3) is 0 Å². The summed E-state index contributed by atoms with van der Waals surface area (Å²) in [7, 11) is 1.32. The SMILES string of the molecule is COC(=O)NC1CCN(C(=O)c2n[nH]c(C3CC3)c2N)C1. The number of carbonyl (C=O) groups excluding carboxylic acids is 2. The molecule has 1 aromatic heterocycles. The summed E-state index contributed by atoms with van der Waals surface area (Å²) in [6.07, 6.45) is 2.40. The molecule has 2 amide bonds. The molecule has 21 heavy (non-hydrogen) atoms. The van der Waals surface area contributed by atoms with Crippen molar-refractivity contribution in [2.45, 2.75) is 31.2 Å². The first-order valence-corrected chi connectivity index (χ1v) is 7.07. The molecule has 1 aliphatic carbocycles. The maximum atomic E-state index is 12.4. The zero-order valence-electron chi connectivity index (χ0n) is 11.9. The highest BCUT2D eigenvalue weighted by molar-refractivity contribution is 5.98. The topological polar surface area (TPSA) is 113 Å². The number of nitrogens with one attached hydrogen (secondary N) is 2. The van der Waals surface area contributed by atoms with E-state index >= 15 is 0 Å². The van der Waals surface area contributed by atoms with Gasteiger partial charge in [-0.3, -0.25) is 9.89 Å². The Morgan fingerprint density at radius 2 is 2.19 bits per heavy atom. The number of aromatic amines is 1. The van der Waals surface area contributed by atoms with Gasteiger partial charge in [0.25, 0.3) is 5.91 Å². The minimum absolute atomic E-state index is 0.0931. The van der Waals surface area contributed by atoms with E-state index in [2.05, 4.69) is 20.3 Å². The molecule has 4 N–H and O–H groups in total. The van der Waals surface area contributed by atoms with Gasteiger partial charge in [0.05, 0.1) is 24.5 Å². The number of alkyl carbamates (subject to hydrolysis) is 1. The first-order valence-electron chi connectivity index (χ1n) is 7.07. The molecular weight excluding hydrogens is 274 g/mol. The van der Waals surface area contributed by atoms with Crippen LogP contribution in [0.4, 0.5) is 10.5 Å². The lowest BCUT2D eigenvalue weighted by atomic mass is 10.2. The van der Waals surface area contributed by atoms with E-state index in [0.717, 1.165) is 18.5 Å². The minimum Gasteiger partial charge on any atom is -0.453 e. The molecule has 2 heterocycles. The van der Waals surface area contributed by atoms with Gasteiger partial charge in [-0.2, -0.15) is 5.10 Å². The van der Waals surface area contributed by atoms with Crippen molar-refractivity contribution in [2.24, 2.45) is 0 Å². The molecule has 0 aromatic carbocycles. The van der Waals surface area contributed by atoms with Gasteiger partial charge < -0.3 is 20.7 Å². The van der Waals surface area contributed by atoms with E-state index in [-0.39, 0.29) is 17.6 Å². The summed E-state index contributed by atoms with van der Waals surface area (Å²) in [6, 6.07) is -0.0931. The highest BCUT2D eigenvalue weighted by Crippen LogP contribution is 2.42. The van der Waals surface area contributed by atoms with E-state index in [4.69, 9.17) is 5.73 Å². The molecule has 0 bridgehead atoms. The van der Waals surface area contributed by atoms with Crippen LogP contribution < -0.4 is 11.1 Å². The number of anilines is 1. The number of hydrogen-bond acceptors (Lipinski definition) is 5. The van der Waals surface area contributed by atoms with Gasteiger partial charge in [-0.05, 0) is 19.3 Å². The molecule has 1 aromatic rings. The second-order valence-corrected chi connectivity index (χ2v) is 5.55. The summed E-state index contributed by atoms with van der Waals surface area (Å²) in [5.41, 5.74) is 7.65. The Balaban J connectivity index is 1.65. The second-order valence-electron chi connectivity index (χ2n) is 5.55. The molecule has 3 rings (SSSR count). The van der Waals surface area contributed by atoms with E-state index in [1.165, 1.54) is 7.11 Å². The molecule has 1 saturated carbocycles. The number of hydrogen-bond donors (Lipinski definition) is 3. The summed E-state index contributed by atoms with van der Waals surface area (Å²) in [4.78, 5) is 25.3. The molecule has 8 heteroatoms. The fourth-order valence-electron chi connectivity index (χ4n) is 2.65. The smallest absolute Gasteiger partial charge is 0.407 e. The number of nitrogens with zero attached hydrogens (tertiary/aromatic N) is 2. The van der Waals surface area contributed by atoms with E-state index < -0.39 is 6.09 Å².